The molecular formula is C24H24N2O4. The molecule has 1 heterocycles. The van der Waals surface area contributed by atoms with E-state index in [4.69, 9.17) is 4.52 Å². The van der Waals surface area contributed by atoms with Gasteiger partial charge >= 0.3 is 5.63 Å². The molecule has 6 heteroatoms. The van der Waals surface area contributed by atoms with Gasteiger partial charge < -0.3 is 14.9 Å². The molecule has 0 aliphatic heterocycles. The van der Waals surface area contributed by atoms with Crippen molar-refractivity contribution in [2.24, 2.45) is 5.41 Å². The highest BCUT2D eigenvalue weighted by molar-refractivity contribution is 6.01. The second-order valence-electron chi connectivity index (χ2n) is 8.48. The van der Waals surface area contributed by atoms with Gasteiger partial charge in [-0.25, -0.2) is 4.79 Å². The summed E-state index contributed by atoms with van der Waals surface area (Å²) in [6.45, 7) is 7.50. The number of nitrogens with zero attached hydrogens (tertiary/aromatic N) is 1. The highest BCUT2D eigenvalue weighted by Crippen LogP contribution is 2.29. The molecule has 0 aliphatic carbocycles. The second kappa shape index (κ2) is 8.13. The van der Waals surface area contributed by atoms with Crippen LogP contribution in [0.1, 0.15) is 38.4 Å². The van der Waals surface area contributed by atoms with Gasteiger partial charge in [-0.1, -0.05) is 56.0 Å². The van der Waals surface area contributed by atoms with E-state index in [2.05, 4.69) is 22.3 Å². The lowest BCUT2D eigenvalue weighted by Crippen LogP contribution is -2.44. The van der Waals surface area contributed by atoms with Crippen LogP contribution < -0.4 is 10.9 Å². The summed E-state index contributed by atoms with van der Waals surface area (Å²) in [5.41, 5.74) is -1.14. The largest absolute Gasteiger partial charge is 0.369 e. The minimum Gasteiger partial charge on any atom is -0.369 e. The summed E-state index contributed by atoms with van der Waals surface area (Å²) in [6.07, 6.45) is 0.142. The van der Waals surface area contributed by atoms with Crippen LogP contribution in [0.4, 0.5) is 5.69 Å². The third kappa shape index (κ3) is 4.94. The summed E-state index contributed by atoms with van der Waals surface area (Å²) < 4.78 is 4.72. The summed E-state index contributed by atoms with van der Waals surface area (Å²) in [4.78, 5) is 24.9. The maximum Gasteiger partial charge on any atom is 0.366 e. The van der Waals surface area contributed by atoms with Crippen molar-refractivity contribution in [2.45, 2.75) is 39.7 Å². The zero-order valence-corrected chi connectivity index (χ0v) is 17.4. The van der Waals surface area contributed by atoms with Gasteiger partial charge in [0, 0.05) is 23.1 Å². The van der Waals surface area contributed by atoms with Crippen LogP contribution in [0.5, 0.6) is 0 Å². The van der Waals surface area contributed by atoms with Crippen molar-refractivity contribution in [3.05, 3.63) is 70.2 Å². The Kier molecular flexibility index (Phi) is 5.77. The van der Waals surface area contributed by atoms with Gasteiger partial charge in [-0.3, -0.25) is 4.79 Å². The predicted molar refractivity (Wildman–Crippen MR) is 116 cm³/mol. The molecule has 0 saturated heterocycles. The topological polar surface area (TPSA) is 92.4 Å². The SMILES string of the molecule is Cc1noc(=O)c2ccc(NC(=O)[C@](O)(C#Cc3ccccc3)CC(C)(C)C)cc12. The second-order valence-corrected chi connectivity index (χ2v) is 8.48. The minimum absolute atomic E-state index is 0.142. The zero-order valence-electron chi connectivity index (χ0n) is 17.4. The molecule has 30 heavy (non-hydrogen) atoms. The van der Waals surface area contributed by atoms with Crippen LogP contribution in [0.3, 0.4) is 0 Å². The van der Waals surface area contributed by atoms with Crippen LogP contribution in [0.2, 0.25) is 0 Å². The summed E-state index contributed by atoms with van der Waals surface area (Å²) in [6, 6.07) is 14.0. The van der Waals surface area contributed by atoms with E-state index in [1.54, 1.807) is 25.1 Å². The molecule has 0 radical (unpaired) electrons. The standard InChI is InChI=1S/C24H24N2O4/c1-16-20-14-18(10-11-19(20)21(27)30-26-16)25-22(28)24(29,15-23(2,3)4)13-12-17-8-6-5-7-9-17/h5-11,14,29H,15H2,1-4H3,(H,25,28)/t24-/m0/s1. The van der Waals surface area contributed by atoms with E-state index in [0.29, 0.717) is 27.7 Å². The van der Waals surface area contributed by atoms with Crippen LogP contribution in [0.15, 0.2) is 57.8 Å². The molecule has 0 saturated carbocycles. The molecule has 0 aliphatic rings. The van der Waals surface area contributed by atoms with Gasteiger partial charge in [0.05, 0.1) is 11.1 Å². The van der Waals surface area contributed by atoms with Gasteiger partial charge in [0.1, 0.15) is 0 Å². The number of nitrogens with one attached hydrogen (secondary N) is 1. The van der Waals surface area contributed by atoms with Crippen molar-refractivity contribution in [1.29, 1.82) is 0 Å². The van der Waals surface area contributed by atoms with Crippen LogP contribution in [0, 0.1) is 24.2 Å². The molecule has 3 aromatic rings. The molecule has 3 rings (SSSR count). The summed E-state index contributed by atoms with van der Waals surface area (Å²) in [5.74, 6) is 5.03. The Labute approximate surface area is 174 Å². The molecule has 0 bridgehead atoms. The predicted octanol–water partition coefficient (Wildman–Crippen LogP) is 3.65. The molecule has 0 unspecified atom stereocenters. The number of fused-ring (bicyclic) bond motifs is 1. The Hall–Kier alpha value is -3.43. The zero-order chi connectivity index (χ0) is 21.9. The highest BCUT2D eigenvalue weighted by atomic mass is 16.5. The molecule has 0 fully saturated rings. The molecule has 1 aromatic heterocycles. The van der Waals surface area contributed by atoms with Gasteiger partial charge in [-0.05, 0) is 42.7 Å². The summed E-state index contributed by atoms with van der Waals surface area (Å²) in [5, 5.41) is 18.6. The van der Waals surface area contributed by atoms with Crippen molar-refractivity contribution >= 4 is 22.4 Å². The maximum absolute atomic E-state index is 13.1. The van der Waals surface area contributed by atoms with Gasteiger partial charge in [0.15, 0.2) is 0 Å². The van der Waals surface area contributed by atoms with Crippen molar-refractivity contribution < 1.29 is 14.4 Å². The van der Waals surface area contributed by atoms with Crippen molar-refractivity contribution in [3.8, 4) is 11.8 Å². The Bertz CT molecular complexity index is 1200. The molecule has 6 nitrogen and oxygen atoms in total. The van der Waals surface area contributed by atoms with Crippen LogP contribution >= 0.6 is 0 Å². The van der Waals surface area contributed by atoms with Crippen molar-refractivity contribution in [1.82, 2.24) is 5.16 Å². The average Bonchev–Trinajstić information content (AvgIpc) is 2.69. The van der Waals surface area contributed by atoms with Gasteiger partial charge in [-0.15, -0.1) is 0 Å². The molecule has 2 aromatic carbocycles. The van der Waals surface area contributed by atoms with E-state index in [-0.39, 0.29) is 11.8 Å². The number of hydrogen-bond donors (Lipinski definition) is 2. The number of aliphatic hydroxyl groups is 1. The molecule has 154 valence electrons. The number of aromatic nitrogens is 1. The number of anilines is 1. The summed E-state index contributed by atoms with van der Waals surface area (Å²) in [7, 11) is 0. The third-order valence-corrected chi connectivity index (χ3v) is 4.50. The molecule has 0 spiro atoms. The lowest BCUT2D eigenvalue weighted by molar-refractivity contribution is -0.131. The first-order valence-corrected chi connectivity index (χ1v) is 9.60. The fourth-order valence-electron chi connectivity index (χ4n) is 3.19. The Morgan fingerprint density at radius 1 is 1.13 bits per heavy atom. The normalized spacial score (nSPS) is 13.2. The number of aryl methyl sites for hydroxylation is 1. The van der Waals surface area contributed by atoms with E-state index >= 15 is 0 Å². The maximum atomic E-state index is 13.1. The van der Waals surface area contributed by atoms with Crippen LogP contribution in [-0.2, 0) is 4.79 Å². The molecular weight excluding hydrogens is 380 g/mol. The minimum atomic E-state index is -1.90. The Balaban J connectivity index is 1.95. The van der Waals surface area contributed by atoms with Gasteiger partial charge in [0.25, 0.3) is 5.91 Å². The van der Waals surface area contributed by atoms with Crippen LogP contribution in [0.25, 0.3) is 10.8 Å². The van der Waals surface area contributed by atoms with Crippen molar-refractivity contribution in [2.75, 3.05) is 5.32 Å². The number of benzene rings is 2. The Morgan fingerprint density at radius 3 is 2.50 bits per heavy atom. The van der Waals surface area contributed by atoms with Crippen LogP contribution in [-0.4, -0.2) is 21.8 Å². The van der Waals surface area contributed by atoms with Gasteiger partial charge in [-0.2, -0.15) is 0 Å². The fraction of sp³-hybridized carbons (Fsp3) is 0.292. The molecule has 1 atom stereocenters. The van der Waals surface area contributed by atoms with E-state index in [1.165, 1.54) is 0 Å². The third-order valence-electron chi connectivity index (χ3n) is 4.50. The number of amides is 1. The fourth-order valence-corrected chi connectivity index (χ4v) is 3.19. The van der Waals surface area contributed by atoms with E-state index < -0.39 is 17.1 Å². The van der Waals surface area contributed by atoms with Crippen molar-refractivity contribution in [3.63, 3.8) is 0 Å². The first-order chi connectivity index (χ1) is 14.1. The average molecular weight is 404 g/mol. The molecule has 2 N–H and O–H groups in total. The highest BCUT2D eigenvalue weighted by Gasteiger charge is 2.38. The first-order valence-electron chi connectivity index (χ1n) is 9.60. The number of rotatable bonds is 3. The first kappa shape index (κ1) is 21.3. The smallest absolute Gasteiger partial charge is 0.366 e. The van der Waals surface area contributed by atoms with E-state index in [0.717, 1.165) is 0 Å². The number of carbonyl (C=O) groups excluding carboxylic acids is 1. The number of carbonyl (C=O) groups is 1. The van der Waals surface area contributed by atoms with E-state index in [1.807, 2.05) is 51.1 Å². The quantitative estimate of drug-likeness (QED) is 0.650. The lowest BCUT2D eigenvalue weighted by atomic mass is 9.81. The summed E-state index contributed by atoms with van der Waals surface area (Å²) >= 11 is 0. The van der Waals surface area contributed by atoms with E-state index in [9.17, 15) is 14.7 Å². The van der Waals surface area contributed by atoms with Gasteiger partial charge in [0.2, 0.25) is 5.60 Å². The Morgan fingerprint density at radius 2 is 1.83 bits per heavy atom. The monoisotopic (exact) mass is 404 g/mol. The number of hydrogen-bond acceptors (Lipinski definition) is 5. The lowest BCUT2D eigenvalue weighted by Gasteiger charge is -2.29. The molecule has 1 amide bonds.